The van der Waals surface area contributed by atoms with E-state index in [-0.39, 0.29) is 0 Å². The van der Waals surface area contributed by atoms with Crippen LogP contribution in [0, 0.1) is 0 Å². The Morgan fingerprint density at radius 1 is 1.65 bits per heavy atom. The van der Waals surface area contributed by atoms with Crippen LogP contribution in [0.4, 0.5) is 0 Å². The van der Waals surface area contributed by atoms with E-state index in [9.17, 15) is 4.79 Å². The average Bonchev–Trinajstić information content (AvgIpc) is 2.69. The molecule has 0 radical (unpaired) electrons. The number of thiophene rings is 1. The summed E-state index contributed by atoms with van der Waals surface area (Å²) in [7, 11) is 0. The summed E-state index contributed by atoms with van der Waals surface area (Å²) < 4.78 is 5.47. The molecule has 0 spiro atoms. The van der Waals surface area contributed by atoms with Crippen molar-refractivity contribution in [1.82, 2.24) is 5.32 Å². The molecule has 17 heavy (non-hydrogen) atoms. The monoisotopic (exact) mass is 255 g/mol. The van der Waals surface area contributed by atoms with Crippen LogP contribution in [0.2, 0.25) is 0 Å². The van der Waals surface area contributed by atoms with Gasteiger partial charge in [0, 0.05) is 19.2 Å². The third kappa shape index (κ3) is 3.06. The van der Waals surface area contributed by atoms with Crippen molar-refractivity contribution in [2.45, 2.75) is 38.5 Å². The minimum Gasteiger partial charge on any atom is -0.477 e. The predicted molar refractivity (Wildman–Crippen MR) is 66.6 cm³/mol. The fourth-order valence-corrected chi connectivity index (χ4v) is 2.78. The smallest absolute Gasteiger partial charge is 0.346 e. The number of ether oxygens (including phenoxy) is 1. The average molecular weight is 255 g/mol. The lowest BCUT2D eigenvalue weighted by molar-refractivity contribution is -0.0102. The van der Waals surface area contributed by atoms with E-state index in [1.807, 2.05) is 18.4 Å². The number of hydrogen-bond donors (Lipinski definition) is 2. The Morgan fingerprint density at radius 2 is 2.41 bits per heavy atom. The van der Waals surface area contributed by atoms with Crippen LogP contribution >= 0.6 is 11.3 Å². The molecule has 2 rings (SSSR count). The Balaban J connectivity index is 1.76. The Morgan fingerprint density at radius 3 is 3.06 bits per heavy atom. The second kappa shape index (κ2) is 5.62. The first kappa shape index (κ1) is 12.5. The normalized spacial score (nSPS) is 23.4. The zero-order valence-corrected chi connectivity index (χ0v) is 10.6. The fourth-order valence-electron chi connectivity index (χ4n) is 2.02. The van der Waals surface area contributed by atoms with Crippen molar-refractivity contribution in [1.29, 1.82) is 0 Å². The van der Waals surface area contributed by atoms with Crippen LogP contribution in [0.5, 0.6) is 0 Å². The highest BCUT2D eigenvalue weighted by Gasteiger charge is 2.29. The summed E-state index contributed by atoms with van der Waals surface area (Å²) in [4.78, 5) is 11.4. The van der Waals surface area contributed by atoms with Gasteiger partial charge in [-0.05, 0) is 36.8 Å². The molecule has 1 aromatic rings. The summed E-state index contributed by atoms with van der Waals surface area (Å²) >= 11 is 1.28. The van der Waals surface area contributed by atoms with Crippen LogP contribution in [0.15, 0.2) is 11.4 Å². The molecule has 2 N–H and O–H groups in total. The van der Waals surface area contributed by atoms with Gasteiger partial charge in [0.1, 0.15) is 4.88 Å². The first-order valence-electron chi connectivity index (χ1n) is 5.85. The molecule has 0 aliphatic heterocycles. The zero-order chi connectivity index (χ0) is 12.3. The number of hydrogen-bond acceptors (Lipinski definition) is 4. The first-order valence-corrected chi connectivity index (χ1v) is 6.73. The van der Waals surface area contributed by atoms with E-state index >= 15 is 0 Å². The molecule has 94 valence electrons. The van der Waals surface area contributed by atoms with Gasteiger partial charge < -0.3 is 15.2 Å². The van der Waals surface area contributed by atoms with Crippen molar-refractivity contribution in [3.8, 4) is 0 Å². The molecule has 0 atom stereocenters. The van der Waals surface area contributed by atoms with Crippen molar-refractivity contribution in [3.63, 3.8) is 0 Å². The summed E-state index contributed by atoms with van der Waals surface area (Å²) in [6, 6.07) is 2.34. The van der Waals surface area contributed by atoms with E-state index < -0.39 is 5.97 Å². The fraction of sp³-hybridized carbons (Fsp3) is 0.583. The Labute approximate surface area is 105 Å². The lowest BCUT2D eigenvalue weighted by Crippen LogP contribution is -2.45. The van der Waals surface area contributed by atoms with Gasteiger partial charge in [-0.25, -0.2) is 4.79 Å². The molecular weight excluding hydrogens is 238 g/mol. The lowest BCUT2D eigenvalue weighted by atomic mass is 9.89. The van der Waals surface area contributed by atoms with Gasteiger partial charge in [-0.15, -0.1) is 11.3 Å². The summed E-state index contributed by atoms with van der Waals surface area (Å²) in [5, 5.41) is 14.2. The van der Waals surface area contributed by atoms with Crippen LogP contribution in [0.1, 0.15) is 35.0 Å². The second-order valence-corrected chi connectivity index (χ2v) is 5.12. The number of carbonyl (C=O) groups is 1. The van der Waals surface area contributed by atoms with Crippen molar-refractivity contribution in [3.05, 3.63) is 21.9 Å². The van der Waals surface area contributed by atoms with E-state index in [0.29, 0.717) is 23.6 Å². The highest BCUT2D eigenvalue weighted by atomic mass is 32.1. The Kier molecular flexibility index (Phi) is 4.15. The molecule has 1 aliphatic carbocycles. The largest absolute Gasteiger partial charge is 0.477 e. The molecule has 1 aliphatic rings. The third-order valence-corrected chi connectivity index (χ3v) is 3.96. The lowest BCUT2D eigenvalue weighted by Gasteiger charge is -2.35. The molecule has 0 amide bonds. The van der Waals surface area contributed by atoms with Gasteiger partial charge in [-0.1, -0.05) is 0 Å². The number of aromatic carboxylic acids is 1. The van der Waals surface area contributed by atoms with Gasteiger partial charge in [-0.3, -0.25) is 0 Å². The summed E-state index contributed by atoms with van der Waals surface area (Å²) in [6.45, 7) is 3.41. The van der Waals surface area contributed by atoms with Crippen LogP contribution < -0.4 is 5.32 Å². The number of carboxylic acid groups (broad SMARTS) is 1. The predicted octanol–water partition coefficient (Wildman–Crippen LogP) is 2.10. The summed E-state index contributed by atoms with van der Waals surface area (Å²) in [5.41, 5.74) is 0.877. The van der Waals surface area contributed by atoms with E-state index in [2.05, 4.69) is 5.32 Å². The maximum Gasteiger partial charge on any atom is 0.346 e. The van der Waals surface area contributed by atoms with Crippen molar-refractivity contribution in [2.24, 2.45) is 0 Å². The van der Waals surface area contributed by atoms with E-state index in [1.54, 1.807) is 0 Å². The molecule has 0 bridgehead atoms. The molecular formula is C12H17NO3S. The SMILES string of the molecule is CCOC1CC(NCc2ccsc2C(=O)O)C1. The van der Waals surface area contributed by atoms with Gasteiger partial charge in [0.05, 0.1) is 6.10 Å². The first-order chi connectivity index (χ1) is 8.20. The van der Waals surface area contributed by atoms with Crippen molar-refractivity contribution < 1.29 is 14.6 Å². The van der Waals surface area contributed by atoms with Crippen LogP contribution in [0.3, 0.4) is 0 Å². The Bertz CT molecular complexity index is 385. The zero-order valence-electron chi connectivity index (χ0n) is 9.81. The summed E-state index contributed by atoms with van der Waals surface area (Å²) in [6.07, 6.45) is 2.44. The third-order valence-electron chi connectivity index (χ3n) is 3.02. The topological polar surface area (TPSA) is 58.6 Å². The van der Waals surface area contributed by atoms with Crippen molar-refractivity contribution >= 4 is 17.3 Å². The molecule has 0 unspecified atom stereocenters. The standard InChI is InChI=1S/C12H17NO3S/c1-2-16-10-5-9(6-10)13-7-8-3-4-17-11(8)12(14)15/h3-4,9-10,13H,2,5-7H2,1H3,(H,14,15). The molecule has 1 saturated carbocycles. The van der Waals surface area contributed by atoms with Gasteiger partial charge in [-0.2, -0.15) is 0 Å². The van der Waals surface area contributed by atoms with Gasteiger partial charge in [0.25, 0.3) is 0 Å². The minimum absolute atomic E-state index is 0.388. The van der Waals surface area contributed by atoms with Gasteiger partial charge in [0.2, 0.25) is 0 Å². The number of rotatable bonds is 6. The minimum atomic E-state index is -0.836. The van der Waals surface area contributed by atoms with Gasteiger partial charge >= 0.3 is 5.97 Å². The quantitative estimate of drug-likeness (QED) is 0.817. The number of carboxylic acids is 1. The maximum atomic E-state index is 10.9. The summed E-state index contributed by atoms with van der Waals surface area (Å²) in [5.74, 6) is -0.836. The van der Waals surface area contributed by atoms with E-state index in [1.165, 1.54) is 11.3 Å². The van der Waals surface area contributed by atoms with Crippen LogP contribution in [-0.2, 0) is 11.3 Å². The highest BCUT2D eigenvalue weighted by Crippen LogP contribution is 2.24. The maximum absolute atomic E-state index is 10.9. The Hall–Kier alpha value is -0.910. The van der Waals surface area contributed by atoms with Gasteiger partial charge in [0.15, 0.2) is 0 Å². The molecule has 1 heterocycles. The molecule has 0 aromatic carbocycles. The van der Waals surface area contributed by atoms with Crippen LogP contribution in [0.25, 0.3) is 0 Å². The molecule has 1 fully saturated rings. The van der Waals surface area contributed by atoms with Crippen LogP contribution in [-0.4, -0.2) is 29.8 Å². The molecule has 1 aromatic heterocycles. The van der Waals surface area contributed by atoms with E-state index in [0.717, 1.165) is 25.0 Å². The second-order valence-electron chi connectivity index (χ2n) is 4.21. The number of nitrogens with one attached hydrogen (secondary N) is 1. The molecule has 4 nitrogen and oxygen atoms in total. The molecule has 0 saturated heterocycles. The molecule has 5 heteroatoms. The van der Waals surface area contributed by atoms with Crippen molar-refractivity contribution in [2.75, 3.05) is 6.61 Å². The highest BCUT2D eigenvalue weighted by molar-refractivity contribution is 7.12. The van der Waals surface area contributed by atoms with E-state index in [4.69, 9.17) is 9.84 Å².